The molecule has 0 amide bonds. The fourth-order valence-corrected chi connectivity index (χ4v) is 2.44. The number of hydrogen-bond donors (Lipinski definition) is 2. The zero-order valence-electron chi connectivity index (χ0n) is 11.9. The smallest absolute Gasteiger partial charge is 0.341 e. The molecule has 2 aromatic heterocycles. The van der Waals surface area contributed by atoms with E-state index in [0.29, 0.717) is 30.4 Å². The molecule has 2 heterocycles. The van der Waals surface area contributed by atoms with Crippen LogP contribution < -0.4 is 5.32 Å². The molecule has 7 heteroatoms. The number of aliphatic hydroxyl groups is 1. The maximum Gasteiger partial charge on any atom is 0.341 e. The van der Waals surface area contributed by atoms with Crippen molar-refractivity contribution in [1.29, 1.82) is 0 Å². The van der Waals surface area contributed by atoms with Gasteiger partial charge >= 0.3 is 5.97 Å². The van der Waals surface area contributed by atoms with Crippen LogP contribution in [0.4, 0.5) is 5.95 Å². The van der Waals surface area contributed by atoms with Crippen molar-refractivity contribution in [1.82, 2.24) is 9.97 Å². The number of thiophene rings is 1. The first-order valence-corrected chi connectivity index (χ1v) is 7.51. The van der Waals surface area contributed by atoms with Gasteiger partial charge in [0.15, 0.2) is 0 Å². The number of rotatable bonds is 6. The van der Waals surface area contributed by atoms with Gasteiger partial charge in [-0.2, -0.15) is 11.3 Å². The SMILES string of the molecule is CCOC(=O)c1cnc(NCC(O)c2ccsc2)nc1C. The summed E-state index contributed by atoms with van der Waals surface area (Å²) in [7, 11) is 0. The van der Waals surface area contributed by atoms with Gasteiger partial charge in [0.1, 0.15) is 0 Å². The van der Waals surface area contributed by atoms with Crippen LogP contribution in [0.1, 0.15) is 34.6 Å². The van der Waals surface area contributed by atoms with E-state index in [4.69, 9.17) is 4.74 Å². The fourth-order valence-electron chi connectivity index (χ4n) is 1.73. The molecule has 112 valence electrons. The van der Waals surface area contributed by atoms with Crippen LogP contribution in [0.3, 0.4) is 0 Å². The fraction of sp³-hybridized carbons (Fsp3) is 0.357. The number of carbonyl (C=O) groups excluding carboxylic acids is 1. The summed E-state index contributed by atoms with van der Waals surface area (Å²) in [5.41, 5.74) is 1.74. The highest BCUT2D eigenvalue weighted by Crippen LogP contribution is 2.16. The van der Waals surface area contributed by atoms with E-state index in [9.17, 15) is 9.90 Å². The van der Waals surface area contributed by atoms with Crippen molar-refractivity contribution >= 4 is 23.3 Å². The van der Waals surface area contributed by atoms with Crippen molar-refractivity contribution in [2.45, 2.75) is 20.0 Å². The molecule has 0 bridgehead atoms. The Bertz CT molecular complexity index is 602. The summed E-state index contributed by atoms with van der Waals surface area (Å²) in [4.78, 5) is 19.9. The lowest BCUT2D eigenvalue weighted by Crippen LogP contribution is -2.15. The summed E-state index contributed by atoms with van der Waals surface area (Å²) < 4.78 is 4.92. The average molecular weight is 307 g/mol. The maximum absolute atomic E-state index is 11.6. The van der Waals surface area contributed by atoms with Crippen LogP contribution >= 0.6 is 11.3 Å². The van der Waals surface area contributed by atoms with Crippen LogP contribution in [0.15, 0.2) is 23.0 Å². The second-order valence-corrected chi connectivity index (χ2v) is 5.15. The van der Waals surface area contributed by atoms with Crippen LogP contribution in [0.2, 0.25) is 0 Å². The molecule has 0 saturated heterocycles. The topological polar surface area (TPSA) is 84.3 Å². The normalized spacial score (nSPS) is 12.0. The lowest BCUT2D eigenvalue weighted by Gasteiger charge is -2.11. The summed E-state index contributed by atoms with van der Waals surface area (Å²) in [5.74, 6) is -0.0605. The molecule has 1 atom stereocenters. The van der Waals surface area contributed by atoms with Crippen molar-refractivity contribution in [3.8, 4) is 0 Å². The van der Waals surface area contributed by atoms with Gasteiger partial charge in [-0.1, -0.05) is 0 Å². The highest BCUT2D eigenvalue weighted by molar-refractivity contribution is 7.07. The predicted molar refractivity (Wildman–Crippen MR) is 80.5 cm³/mol. The van der Waals surface area contributed by atoms with Crippen LogP contribution in [-0.4, -0.2) is 34.2 Å². The minimum atomic E-state index is -0.620. The molecule has 2 aromatic rings. The molecule has 1 unspecified atom stereocenters. The molecule has 0 fully saturated rings. The Labute approximate surface area is 126 Å². The Balaban J connectivity index is 1.98. The molecule has 21 heavy (non-hydrogen) atoms. The lowest BCUT2D eigenvalue weighted by atomic mass is 10.2. The van der Waals surface area contributed by atoms with E-state index in [0.717, 1.165) is 5.56 Å². The highest BCUT2D eigenvalue weighted by atomic mass is 32.1. The van der Waals surface area contributed by atoms with Gasteiger partial charge in [-0.05, 0) is 36.2 Å². The van der Waals surface area contributed by atoms with Crippen LogP contribution in [0.5, 0.6) is 0 Å². The number of esters is 1. The summed E-state index contributed by atoms with van der Waals surface area (Å²) in [5, 5.41) is 16.7. The Morgan fingerprint density at radius 1 is 1.57 bits per heavy atom. The molecule has 0 spiro atoms. The minimum absolute atomic E-state index is 0.301. The van der Waals surface area contributed by atoms with Gasteiger partial charge in [0.25, 0.3) is 0 Å². The van der Waals surface area contributed by atoms with Crippen LogP contribution in [-0.2, 0) is 4.74 Å². The quantitative estimate of drug-likeness (QED) is 0.796. The summed E-state index contributed by atoms with van der Waals surface area (Å²) in [6.45, 7) is 4.07. The maximum atomic E-state index is 11.6. The molecule has 0 aliphatic carbocycles. The van der Waals surface area contributed by atoms with Crippen molar-refractivity contribution in [2.24, 2.45) is 0 Å². The number of nitrogens with zero attached hydrogens (tertiary/aromatic N) is 2. The Kier molecular flexibility index (Phi) is 5.24. The van der Waals surface area contributed by atoms with Crippen molar-refractivity contribution in [3.05, 3.63) is 39.8 Å². The number of carbonyl (C=O) groups is 1. The molecule has 2 rings (SSSR count). The molecular formula is C14H17N3O3S. The van der Waals surface area contributed by atoms with Crippen molar-refractivity contribution in [3.63, 3.8) is 0 Å². The van der Waals surface area contributed by atoms with Gasteiger partial charge in [0.2, 0.25) is 5.95 Å². The van der Waals surface area contributed by atoms with Crippen molar-refractivity contribution in [2.75, 3.05) is 18.5 Å². The average Bonchev–Trinajstić information content (AvgIpc) is 2.99. The molecule has 0 radical (unpaired) electrons. The van der Waals surface area contributed by atoms with E-state index in [1.165, 1.54) is 17.5 Å². The second-order valence-electron chi connectivity index (χ2n) is 4.37. The zero-order valence-corrected chi connectivity index (χ0v) is 12.7. The van der Waals surface area contributed by atoms with E-state index < -0.39 is 12.1 Å². The highest BCUT2D eigenvalue weighted by Gasteiger charge is 2.13. The number of aromatic nitrogens is 2. The minimum Gasteiger partial charge on any atom is -0.462 e. The standard InChI is InChI=1S/C14H17N3O3S/c1-3-20-13(19)11-6-15-14(17-9(11)2)16-7-12(18)10-4-5-21-8-10/h4-6,8,12,18H,3,7H2,1-2H3,(H,15,16,17). The Hall–Kier alpha value is -1.99. The first-order valence-electron chi connectivity index (χ1n) is 6.56. The van der Waals surface area contributed by atoms with Gasteiger partial charge in [0.05, 0.1) is 24.0 Å². The van der Waals surface area contributed by atoms with E-state index in [1.54, 1.807) is 13.8 Å². The largest absolute Gasteiger partial charge is 0.462 e. The number of ether oxygens (including phenoxy) is 1. The first-order chi connectivity index (χ1) is 10.1. The van der Waals surface area contributed by atoms with Crippen molar-refractivity contribution < 1.29 is 14.6 Å². The molecule has 2 N–H and O–H groups in total. The third-order valence-corrected chi connectivity index (χ3v) is 3.56. The van der Waals surface area contributed by atoms with E-state index >= 15 is 0 Å². The number of aliphatic hydroxyl groups excluding tert-OH is 1. The Morgan fingerprint density at radius 3 is 3.00 bits per heavy atom. The molecule has 0 saturated carbocycles. The third-order valence-electron chi connectivity index (χ3n) is 2.86. The molecule has 0 aliphatic heterocycles. The Morgan fingerprint density at radius 2 is 2.38 bits per heavy atom. The van der Waals surface area contributed by atoms with Gasteiger partial charge in [-0.3, -0.25) is 0 Å². The van der Waals surface area contributed by atoms with E-state index in [2.05, 4.69) is 15.3 Å². The van der Waals surface area contributed by atoms with Crippen LogP contribution in [0.25, 0.3) is 0 Å². The monoisotopic (exact) mass is 307 g/mol. The zero-order chi connectivity index (χ0) is 15.2. The second kappa shape index (κ2) is 7.14. The first kappa shape index (κ1) is 15.4. The molecule has 0 aromatic carbocycles. The van der Waals surface area contributed by atoms with Gasteiger partial charge in [-0.15, -0.1) is 0 Å². The summed E-state index contributed by atoms with van der Waals surface area (Å²) in [6.07, 6.45) is 0.810. The number of nitrogens with one attached hydrogen (secondary N) is 1. The van der Waals surface area contributed by atoms with Gasteiger partial charge < -0.3 is 15.2 Å². The third kappa shape index (κ3) is 3.99. The summed E-state index contributed by atoms with van der Waals surface area (Å²) in [6, 6.07) is 1.87. The van der Waals surface area contributed by atoms with Gasteiger partial charge in [0, 0.05) is 12.7 Å². The number of aryl methyl sites for hydroxylation is 1. The van der Waals surface area contributed by atoms with Crippen LogP contribution in [0, 0.1) is 6.92 Å². The number of anilines is 1. The molecular weight excluding hydrogens is 290 g/mol. The summed E-state index contributed by atoms with van der Waals surface area (Å²) >= 11 is 1.53. The van der Waals surface area contributed by atoms with E-state index in [1.807, 2.05) is 16.8 Å². The molecule has 6 nitrogen and oxygen atoms in total. The molecule has 0 aliphatic rings. The van der Waals surface area contributed by atoms with E-state index in [-0.39, 0.29) is 0 Å². The van der Waals surface area contributed by atoms with Gasteiger partial charge in [-0.25, -0.2) is 14.8 Å². The lowest BCUT2D eigenvalue weighted by molar-refractivity contribution is 0.0524. The predicted octanol–water partition coefficient (Wildman–Crippen LogP) is 2.17. The number of hydrogen-bond acceptors (Lipinski definition) is 7.